The molecule has 0 amide bonds. The van der Waals surface area contributed by atoms with E-state index in [9.17, 15) is 21.6 Å². The fourth-order valence-corrected chi connectivity index (χ4v) is 5.42. The minimum absolute atomic E-state index is 0. The fourth-order valence-electron chi connectivity index (χ4n) is 3.21. The first-order chi connectivity index (χ1) is 14.5. The number of benzene rings is 2. The SMILES string of the molecule is Br.CN(C)c1cccc2c(S(=O)(=O)NCCSc3ccc(C(F)(F)F)c[n+]3C)cccc12. The van der Waals surface area contributed by atoms with Crippen molar-refractivity contribution in [2.75, 3.05) is 31.3 Å². The molecule has 11 heteroatoms. The van der Waals surface area contributed by atoms with Gasteiger partial charge in [0.2, 0.25) is 15.0 Å². The van der Waals surface area contributed by atoms with Crippen LogP contribution in [0.4, 0.5) is 18.9 Å². The van der Waals surface area contributed by atoms with Crippen molar-refractivity contribution in [3.8, 4) is 0 Å². The number of fused-ring (bicyclic) bond motifs is 1. The molecule has 0 fully saturated rings. The summed E-state index contributed by atoms with van der Waals surface area (Å²) >= 11 is 1.27. The number of halogens is 4. The van der Waals surface area contributed by atoms with Crippen LogP contribution in [0.15, 0.2) is 64.6 Å². The number of hydrogen-bond acceptors (Lipinski definition) is 4. The Morgan fingerprint density at radius 1 is 1.03 bits per heavy atom. The maximum Gasteiger partial charge on any atom is 0.422 e. The van der Waals surface area contributed by atoms with Crippen molar-refractivity contribution >= 4 is 55.2 Å². The van der Waals surface area contributed by atoms with Gasteiger partial charge < -0.3 is 4.90 Å². The van der Waals surface area contributed by atoms with Crippen molar-refractivity contribution in [3.63, 3.8) is 0 Å². The first-order valence-electron chi connectivity index (χ1n) is 9.39. The predicted molar refractivity (Wildman–Crippen MR) is 127 cm³/mol. The zero-order valence-corrected chi connectivity index (χ0v) is 21.0. The second-order valence-corrected chi connectivity index (χ2v) is 9.98. The molecule has 0 bridgehead atoms. The summed E-state index contributed by atoms with van der Waals surface area (Å²) in [6.45, 7) is 0.137. The van der Waals surface area contributed by atoms with Crippen LogP contribution in [0.2, 0.25) is 0 Å². The van der Waals surface area contributed by atoms with Gasteiger partial charge in [-0.1, -0.05) is 36.0 Å². The number of rotatable bonds is 7. The van der Waals surface area contributed by atoms with Crippen molar-refractivity contribution in [2.45, 2.75) is 16.1 Å². The molecule has 2 aromatic carbocycles. The molecule has 1 heterocycles. The average molecular weight is 551 g/mol. The highest BCUT2D eigenvalue weighted by atomic mass is 79.9. The number of nitrogens with zero attached hydrogens (tertiary/aromatic N) is 2. The summed E-state index contributed by atoms with van der Waals surface area (Å²) in [5.74, 6) is 0.367. The standard InChI is InChI=1S/C21H23F3N3O2S2.BrH/c1-26(2)18-8-4-7-17-16(18)6-5-9-19(17)31(28,29)25-12-13-30-20-11-10-15(14-27(20)3)21(22,23)24;/h4-11,14,25H,12-13H2,1-3H3;1H/q+1;. The third kappa shape index (κ3) is 5.94. The number of alkyl halides is 3. The van der Waals surface area contributed by atoms with Gasteiger partial charge in [-0.25, -0.2) is 13.1 Å². The Balaban J connectivity index is 0.00000363. The molecule has 0 radical (unpaired) electrons. The van der Waals surface area contributed by atoms with Gasteiger partial charge >= 0.3 is 6.18 Å². The topological polar surface area (TPSA) is 53.3 Å². The van der Waals surface area contributed by atoms with Crippen molar-refractivity contribution in [1.29, 1.82) is 0 Å². The molecule has 0 unspecified atom stereocenters. The van der Waals surface area contributed by atoms with E-state index < -0.39 is 21.8 Å². The Bertz CT molecular complexity index is 1200. The molecular formula is C21H24BrF3N3O2S2+. The second-order valence-electron chi connectivity index (χ2n) is 7.13. The van der Waals surface area contributed by atoms with Crippen LogP contribution in [-0.4, -0.2) is 34.8 Å². The van der Waals surface area contributed by atoms with Gasteiger partial charge in [-0.15, -0.1) is 17.0 Å². The molecule has 0 spiro atoms. The van der Waals surface area contributed by atoms with E-state index in [4.69, 9.17) is 0 Å². The van der Waals surface area contributed by atoms with E-state index in [1.165, 1.54) is 29.4 Å². The summed E-state index contributed by atoms with van der Waals surface area (Å²) in [7, 11) is 1.56. The molecule has 3 rings (SSSR count). The number of hydrogen-bond donors (Lipinski definition) is 1. The van der Waals surface area contributed by atoms with Gasteiger partial charge in [0.1, 0.15) is 12.6 Å². The third-order valence-corrected chi connectivity index (χ3v) is 7.33. The first-order valence-corrected chi connectivity index (χ1v) is 11.9. The van der Waals surface area contributed by atoms with Gasteiger partial charge in [0.25, 0.3) is 0 Å². The summed E-state index contributed by atoms with van der Waals surface area (Å²) in [5.41, 5.74) is 0.188. The van der Waals surface area contributed by atoms with E-state index in [0.29, 0.717) is 16.2 Å². The molecule has 32 heavy (non-hydrogen) atoms. The number of aryl methyl sites for hydroxylation is 1. The molecule has 1 aromatic heterocycles. The van der Waals surface area contributed by atoms with E-state index in [1.54, 1.807) is 18.2 Å². The maximum absolute atomic E-state index is 12.9. The molecule has 0 aliphatic rings. The molecule has 5 nitrogen and oxygen atoms in total. The highest BCUT2D eigenvalue weighted by Gasteiger charge is 2.33. The largest absolute Gasteiger partial charge is 0.422 e. The van der Waals surface area contributed by atoms with E-state index in [0.717, 1.165) is 23.3 Å². The van der Waals surface area contributed by atoms with Crippen LogP contribution < -0.4 is 14.2 Å². The Morgan fingerprint density at radius 2 is 1.69 bits per heavy atom. The minimum atomic E-state index is -4.40. The molecule has 0 saturated heterocycles. The van der Waals surface area contributed by atoms with Crippen molar-refractivity contribution in [2.24, 2.45) is 7.05 Å². The summed E-state index contributed by atoms with van der Waals surface area (Å²) in [6, 6.07) is 13.1. The average Bonchev–Trinajstić information content (AvgIpc) is 2.70. The Hall–Kier alpha value is -1.82. The molecule has 174 valence electrons. The first kappa shape index (κ1) is 26.4. The highest BCUT2D eigenvalue weighted by molar-refractivity contribution is 8.93. The summed E-state index contributed by atoms with van der Waals surface area (Å²) in [6.07, 6.45) is -3.38. The van der Waals surface area contributed by atoms with Gasteiger partial charge in [0.05, 0.1) is 4.90 Å². The number of sulfonamides is 1. The van der Waals surface area contributed by atoms with Crippen LogP contribution in [0.25, 0.3) is 10.8 Å². The predicted octanol–water partition coefficient (Wildman–Crippen LogP) is 4.40. The number of nitrogens with one attached hydrogen (secondary N) is 1. The van der Waals surface area contributed by atoms with E-state index >= 15 is 0 Å². The Morgan fingerprint density at radius 3 is 2.31 bits per heavy atom. The van der Waals surface area contributed by atoms with Gasteiger partial charge in [-0.3, -0.25) is 0 Å². The van der Waals surface area contributed by atoms with Gasteiger partial charge in [-0.2, -0.15) is 17.7 Å². The number of anilines is 1. The van der Waals surface area contributed by atoms with E-state index in [2.05, 4.69) is 4.72 Å². The number of pyridine rings is 1. The van der Waals surface area contributed by atoms with Gasteiger partial charge in [-0.05, 0) is 18.2 Å². The van der Waals surface area contributed by atoms with Crippen LogP contribution in [0.1, 0.15) is 5.56 Å². The molecule has 0 saturated carbocycles. The lowest BCUT2D eigenvalue weighted by Crippen LogP contribution is -2.33. The molecule has 0 atom stereocenters. The molecule has 1 N–H and O–H groups in total. The summed E-state index contributed by atoms with van der Waals surface area (Å²) in [5, 5.41) is 2.07. The van der Waals surface area contributed by atoms with Crippen molar-refractivity contribution in [1.82, 2.24) is 4.72 Å². The second kappa shape index (κ2) is 10.4. The number of aromatic nitrogens is 1. The summed E-state index contributed by atoms with van der Waals surface area (Å²) in [4.78, 5) is 2.12. The van der Waals surface area contributed by atoms with Crippen LogP contribution in [0, 0.1) is 0 Å². The molecule has 3 aromatic rings. The smallest absolute Gasteiger partial charge is 0.377 e. The Kier molecular flexibility index (Phi) is 8.60. The molecule has 0 aliphatic carbocycles. The lowest BCUT2D eigenvalue weighted by Gasteiger charge is -2.17. The van der Waals surface area contributed by atoms with Crippen LogP contribution in [0.3, 0.4) is 0 Å². The lowest BCUT2D eigenvalue weighted by atomic mass is 10.1. The normalized spacial score (nSPS) is 11.9. The fraction of sp³-hybridized carbons (Fsp3) is 0.286. The quantitative estimate of drug-likeness (QED) is 0.269. The minimum Gasteiger partial charge on any atom is -0.377 e. The monoisotopic (exact) mass is 550 g/mol. The number of thioether (sulfide) groups is 1. The lowest BCUT2D eigenvalue weighted by molar-refractivity contribution is -0.709. The van der Waals surface area contributed by atoms with Gasteiger partial charge in [0.15, 0.2) is 6.20 Å². The van der Waals surface area contributed by atoms with Crippen molar-refractivity contribution in [3.05, 3.63) is 60.3 Å². The highest BCUT2D eigenvalue weighted by Crippen LogP contribution is 2.30. The zero-order chi connectivity index (χ0) is 22.8. The molecule has 0 aliphatic heterocycles. The zero-order valence-electron chi connectivity index (χ0n) is 17.7. The Labute approximate surface area is 200 Å². The van der Waals surface area contributed by atoms with Crippen LogP contribution >= 0.6 is 28.7 Å². The maximum atomic E-state index is 12.9. The summed E-state index contributed by atoms with van der Waals surface area (Å²) < 4.78 is 68.1. The molecular weight excluding hydrogens is 527 g/mol. The van der Waals surface area contributed by atoms with E-state index in [1.807, 2.05) is 37.2 Å². The third-order valence-electron chi connectivity index (χ3n) is 4.69. The van der Waals surface area contributed by atoms with Crippen molar-refractivity contribution < 1.29 is 26.2 Å². The van der Waals surface area contributed by atoms with Crippen LogP contribution in [0.5, 0.6) is 0 Å². The van der Waals surface area contributed by atoms with Crippen LogP contribution in [-0.2, 0) is 23.2 Å². The van der Waals surface area contributed by atoms with E-state index in [-0.39, 0.29) is 28.4 Å². The van der Waals surface area contributed by atoms with Gasteiger partial charge in [0, 0.05) is 48.9 Å².